The molecule has 24 heavy (non-hydrogen) atoms. The number of ether oxygens (including phenoxy) is 1. The van der Waals surface area contributed by atoms with Crippen molar-refractivity contribution in [3.8, 4) is 5.75 Å². The lowest BCUT2D eigenvalue weighted by Gasteiger charge is -2.07. The number of hydrogen-bond donors (Lipinski definition) is 1. The molecule has 2 aromatic rings. The maximum atomic E-state index is 11.9. The van der Waals surface area contributed by atoms with Crippen LogP contribution < -0.4 is 10.1 Å². The Hall–Kier alpha value is -1.94. The molecular weight excluding hydrogens is 318 g/mol. The van der Waals surface area contributed by atoms with Crippen LogP contribution in [0.4, 0.5) is 0 Å². The number of benzene rings is 2. The van der Waals surface area contributed by atoms with Crippen molar-refractivity contribution in [3.05, 3.63) is 65.2 Å². The van der Waals surface area contributed by atoms with E-state index >= 15 is 0 Å². The molecule has 0 atom stereocenters. The van der Waals surface area contributed by atoms with E-state index in [0.717, 1.165) is 24.3 Å². The molecule has 0 saturated heterocycles. The summed E-state index contributed by atoms with van der Waals surface area (Å²) in [6.45, 7) is 2.81. The Morgan fingerprint density at radius 2 is 2.00 bits per heavy atom. The molecule has 3 nitrogen and oxygen atoms in total. The second kappa shape index (κ2) is 10.0. The topological polar surface area (TPSA) is 38.3 Å². The highest BCUT2D eigenvalue weighted by molar-refractivity contribution is 7.99. The summed E-state index contributed by atoms with van der Waals surface area (Å²) in [7, 11) is 1.67. The normalized spacial score (nSPS) is 10.4. The summed E-state index contributed by atoms with van der Waals surface area (Å²) in [4.78, 5) is 11.9. The minimum absolute atomic E-state index is 0.110. The number of amides is 1. The van der Waals surface area contributed by atoms with Gasteiger partial charge in [0.2, 0.25) is 5.91 Å². The molecule has 2 rings (SSSR count). The lowest BCUT2D eigenvalue weighted by Crippen LogP contribution is -2.26. The Morgan fingerprint density at radius 1 is 1.17 bits per heavy atom. The summed E-state index contributed by atoms with van der Waals surface area (Å²) in [5.41, 5.74) is 3.81. The SMILES string of the molecule is COc1cccc(CCCNC(=O)CSCc2ccccc2C)c1. The van der Waals surface area contributed by atoms with Crippen LogP contribution in [0.5, 0.6) is 5.75 Å². The van der Waals surface area contributed by atoms with E-state index in [1.807, 2.05) is 30.3 Å². The molecule has 0 bridgehead atoms. The zero-order valence-corrected chi connectivity index (χ0v) is 15.2. The Morgan fingerprint density at radius 3 is 2.79 bits per heavy atom. The van der Waals surface area contributed by atoms with E-state index in [-0.39, 0.29) is 5.91 Å². The standard InChI is InChI=1S/C20H25NO2S/c1-16-7-3-4-10-18(16)14-24-15-20(22)21-12-6-9-17-8-5-11-19(13-17)23-2/h3-5,7-8,10-11,13H,6,9,12,14-15H2,1-2H3,(H,21,22). The second-order valence-electron chi connectivity index (χ2n) is 5.72. The Kier molecular flexibility index (Phi) is 7.69. The molecule has 0 spiro atoms. The molecule has 128 valence electrons. The smallest absolute Gasteiger partial charge is 0.230 e. The summed E-state index contributed by atoms with van der Waals surface area (Å²) in [6.07, 6.45) is 1.87. The van der Waals surface area contributed by atoms with Crippen LogP contribution in [0.1, 0.15) is 23.1 Å². The van der Waals surface area contributed by atoms with Gasteiger partial charge in [-0.05, 0) is 48.6 Å². The van der Waals surface area contributed by atoms with Crippen molar-refractivity contribution in [2.24, 2.45) is 0 Å². The number of thioether (sulfide) groups is 1. The van der Waals surface area contributed by atoms with Crippen molar-refractivity contribution < 1.29 is 9.53 Å². The molecule has 0 aliphatic carbocycles. The number of methoxy groups -OCH3 is 1. The first kappa shape index (κ1) is 18.4. The van der Waals surface area contributed by atoms with Gasteiger partial charge < -0.3 is 10.1 Å². The van der Waals surface area contributed by atoms with E-state index in [0.29, 0.717) is 12.3 Å². The van der Waals surface area contributed by atoms with Crippen LogP contribution in [-0.4, -0.2) is 25.3 Å². The summed E-state index contributed by atoms with van der Waals surface area (Å²) in [6, 6.07) is 16.4. The fraction of sp³-hybridized carbons (Fsp3) is 0.350. The maximum absolute atomic E-state index is 11.9. The van der Waals surface area contributed by atoms with Crippen LogP contribution >= 0.6 is 11.8 Å². The third-order valence-electron chi connectivity index (χ3n) is 3.85. The molecule has 2 aromatic carbocycles. The first-order chi connectivity index (χ1) is 11.7. The van der Waals surface area contributed by atoms with Gasteiger partial charge in [0.25, 0.3) is 0 Å². The van der Waals surface area contributed by atoms with Gasteiger partial charge >= 0.3 is 0 Å². The van der Waals surface area contributed by atoms with Crippen molar-refractivity contribution >= 4 is 17.7 Å². The molecule has 0 radical (unpaired) electrons. The first-order valence-electron chi connectivity index (χ1n) is 8.21. The van der Waals surface area contributed by atoms with E-state index in [2.05, 4.69) is 30.4 Å². The highest BCUT2D eigenvalue weighted by Crippen LogP contribution is 2.16. The highest BCUT2D eigenvalue weighted by Gasteiger charge is 2.03. The minimum Gasteiger partial charge on any atom is -0.497 e. The van der Waals surface area contributed by atoms with Gasteiger partial charge in [0.15, 0.2) is 0 Å². The minimum atomic E-state index is 0.110. The van der Waals surface area contributed by atoms with E-state index in [9.17, 15) is 4.79 Å². The molecule has 0 fully saturated rings. The van der Waals surface area contributed by atoms with Crippen molar-refractivity contribution in [2.75, 3.05) is 19.4 Å². The van der Waals surface area contributed by atoms with Gasteiger partial charge in [-0.2, -0.15) is 0 Å². The third-order valence-corrected chi connectivity index (χ3v) is 4.83. The van der Waals surface area contributed by atoms with Crippen molar-refractivity contribution in [2.45, 2.75) is 25.5 Å². The van der Waals surface area contributed by atoms with E-state index < -0.39 is 0 Å². The quantitative estimate of drug-likeness (QED) is 0.700. The Balaban J connectivity index is 1.60. The fourth-order valence-corrected chi connectivity index (χ4v) is 3.36. The van der Waals surface area contributed by atoms with Crippen molar-refractivity contribution in [1.29, 1.82) is 0 Å². The van der Waals surface area contributed by atoms with Gasteiger partial charge in [0.05, 0.1) is 12.9 Å². The monoisotopic (exact) mass is 343 g/mol. The number of carbonyl (C=O) groups is 1. The van der Waals surface area contributed by atoms with Gasteiger partial charge in [-0.3, -0.25) is 4.79 Å². The van der Waals surface area contributed by atoms with Gasteiger partial charge in [0, 0.05) is 12.3 Å². The number of carbonyl (C=O) groups excluding carboxylic acids is 1. The van der Waals surface area contributed by atoms with Crippen LogP contribution in [0.15, 0.2) is 48.5 Å². The van der Waals surface area contributed by atoms with E-state index in [1.165, 1.54) is 16.7 Å². The molecule has 1 N–H and O–H groups in total. The van der Waals surface area contributed by atoms with Crippen LogP contribution in [0, 0.1) is 6.92 Å². The van der Waals surface area contributed by atoms with E-state index in [4.69, 9.17) is 4.74 Å². The van der Waals surface area contributed by atoms with Crippen LogP contribution in [0.3, 0.4) is 0 Å². The number of rotatable bonds is 9. The fourth-order valence-electron chi connectivity index (χ4n) is 2.43. The van der Waals surface area contributed by atoms with Gasteiger partial charge in [-0.1, -0.05) is 36.4 Å². The summed E-state index contributed by atoms with van der Waals surface area (Å²) in [5, 5.41) is 2.99. The third kappa shape index (κ3) is 6.28. The zero-order valence-electron chi connectivity index (χ0n) is 14.4. The number of nitrogens with one attached hydrogen (secondary N) is 1. The van der Waals surface area contributed by atoms with Gasteiger partial charge in [-0.15, -0.1) is 11.8 Å². The average Bonchev–Trinajstić information content (AvgIpc) is 2.60. The van der Waals surface area contributed by atoms with Crippen LogP contribution in [0.2, 0.25) is 0 Å². The summed E-state index contributed by atoms with van der Waals surface area (Å²) < 4.78 is 5.22. The highest BCUT2D eigenvalue weighted by atomic mass is 32.2. The molecule has 0 unspecified atom stereocenters. The molecule has 4 heteroatoms. The molecule has 0 aromatic heterocycles. The summed E-state index contributed by atoms with van der Waals surface area (Å²) >= 11 is 1.66. The predicted molar refractivity (Wildman–Crippen MR) is 102 cm³/mol. The van der Waals surface area contributed by atoms with Gasteiger partial charge in [-0.25, -0.2) is 0 Å². The average molecular weight is 343 g/mol. The predicted octanol–water partition coefficient (Wildman–Crippen LogP) is 3.99. The number of hydrogen-bond acceptors (Lipinski definition) is 3. The lowest BCUT2D eigenvalue weighted by molar-refractivity contribution is -0.118. The van der Waals surface area contributed by atoms with Crippen molar-refractivity contribution in [1.82, 2.24) is 5.32 Å². The summed E-state index contributed by atoms with van der Waals surface area (Å²) in [5.74, 6) is 2.38. The Labute approximate surface area is 148 Å². The molecule has 1 amide bonds. The first-order valence-corrected chi connectivity index (χ1v) is 9.36. The largest absolute Gasteiger partial charge is 0.497 e. The molecule has 0 aliphatic rings. The lowest BCUT2D eigenvalue weighted by atomic mass is 10.1. The van der Waals surface area contributed by atoms with Gasteiger partial charge in [0.1, 0.15) is 5.75 Å². The molecule has 0 heterocycles. The maximum Gasteiger partial charge on any atom is 0.230 e. The second-order valence-corrected chi connectivity index (χ2v) is 6.71. The van der Waals surface area contributed by atoms with Crippen LogP contribution in [-0.2, 0) is 17.0 Å². The molecule has 0 saturated carbocycles. The molecular formula is C20H25NO2S. The zero-order chi connectivity index (χ0) is 17.2. The van der Waals surface area contributed by atoms with E-state index in [1.54, 1.807) is 18.9 Å². The van der Waals surface area contributed by atoms with Crippen molar-refractivity contribution in [3.63, 3.8) is 0 Å². The molecule has 0 aliphatic heterocycles. The Bertz CT molecular complexity index is 658. The number of aryl methyl sites for hydroxylation is 2. The van der Waals surface area contributed by atoms with Crippen LogP contribution in [0.25, 0.3) is 0 Å².